The summed E-state index contributed by atoms with van der Waals surface area (Å²) >= 11 is 1.38. The predicted octanol–water partition coefficient (Wildman–Crippen LogP) is 3.94. The average molecular weight is 395 g/mol. The molecule has 1 aliphatic heterocycles. The van der Waals surface area contributed by atoms with Gasteiger partial charge in [-0.2, -0.15) is 0 Å². The number of ether oxygens (including phenoxy) is 2. The normalized spacial score (nSPS) is 16.1. The van der Waals surface area contributed by atoms with Gasteiger partial charge in [0.2, 0.25) is 5.13 Å². The van der Waals surface area contributed by atoms with Gasteiger partial charge < -0.3 is 9.47 Å². The van der Waals surface area contributed by atoms with Gasteiger partial charge in [-0.15, -0.1) is 10.2 Å². The van der Waals surface area contributed by atoms with Crippen LogP contribution in [0.4, 0.5) is 5.13 Å². The number of hydrogen-bond acceptors (Lipinski definition) is 6. The number of benzene rings is 2. The fourth-order valence-corrected chi connectivity index (χ4v) is 3.75. The van der Waals surface area contributed by atoms with Crippen molar-refractivity contribution in [1.82, 2.24) is 10.2 Å². The minimum absolute atomic E-state index is 0.172. The van der Waals surface area contributed by atoms with Gasteiger partial charge in [0.15, 0.2) is 0 Å². The minimum atomic E-state index is -0.215. The van der Waals surface area contributed by atoms with Crippen LogP contribution in [0.15, 0.2) is 54.6 Å². The second kappa shape index (κ2) is 8.95. The molecule has 1 N–H and O–H groups in total. The van der Waals surface area contributed by atoms with Crippen molar-refractivity contribution in [3.63, 3.8) is 0 Å². The molecule has 1 amide bonds. The highest BCUT2D eigenvalue weighted by atomic mass is 32.1. The molecular weight excluding hydrogens is 374 g/mol. The maximum Gasteiger partial charge on any atom is 0.257 e. The van der Waals surface area contributed by atoms with Crippen molar-refractivity contribution >= 4 is 22.4 Å². The van der Waals surface area contributed by atoms with E-state index >= 15 is 0 Å². The number of nitrogens with zero attached hydrogens (tertiary/aromatic N) is 2. The Morgan fingerprint density at radius 2 is 1.96 bits per heavy atom. The van der Waals surface area contributed by atoms with Gasteiger partial charge in [0.1, 0.15) is 17.4 Å². The summed E-state index contributed by atoms with van der Waals surface area (Å²) < 4.78 is 11.3. The zero-order chi connectivity index (χ0) is 19.2. The molecule has 3 aromatic rings. The molecule has 6 nitrogen and oxygen atoms in total. The van der Waals surface area contributed by atoms with Crippen LogP contribution < -0.4 is 10.1 Å². The molecule has 2 heterocycles. The van der Waals surface area contributed by atoms with Gasteiger partial charge >= 0.3 is 0 Å². The standard InChI is InChI=1S/C21H21N3O3S/c25-20(16-8-10-17(11-9-16)27-14-18-7-4-12-26-18)22-21-24-23-19(28-21)13-15-5-2-1-3-6-15/h1-3,5-6,8-11,18H,4,7,12-14H2,(H,22,24,25). The molecule has 0 aliphatic carbocycles. The first-order valence-corrected chi connectivity index (χ1v) is 10.1. The summed E-state index contributed by atoms with van der Waals surface area (Å²) in [6, 6.07) is 17.1. The fourth-order valence-electron chi connectivity index (χ4n) is 2.98. The van der Waals surface area contributed by atoms with Crippen molar-refractivity contribution in [2.75, 3.05) is 18.5 Å². The lowest BCUT2D eigenvalue weighted by Gasteiger charge is -2.11. The fraction of sp³-hybridized carbons (Fsp3) is 0.286. The van der Waals surface area contributed by atoms with E-state index in [1.54, 1.807) is 24.3 Å². The molecule has 1 unspecified atom stereocenters. The Kier molecular flexibility index (Phi) is 5.94. The van der Waals surface area contributed by atoms with Gasteiger partial charge in [-0.1, -0.05) is 41.7 Å². The first kappa shape index (κ1) is 18.6. The van der Waals surface area contributed by atoms with Gasteiger partial charge in [0.05, 0.1) is 6.10 Å². The molecule has 0 radical (unpaired) electrons. The van der Waals surface area contributed by atoms with E-state index in [2.05, 4.69) is 15.5 Å². The average Bonchev–Trinajstić information content (AvgIpc) is 3.40. The molecule has 2 aromatic carbocycles. The number of amides is 1. The van der Waals surface area contributed by atoms with Crippen LogP contribution in [-0.2, 0) is 11.2 Å². The van der Waals surface area contributed by atoms with Crippen molar-refractivity contribution in [2.45, 2.75) is 25.4 Å². The monoisotopic (exact) mass is 395 g/mol. The molecule has 1 aliphatic rings. The van der Waals surface area contributed by atoms with Crippen LogP contribution in [0.25, 0.3) is 0 Å². The van der Waals surface area contributed by atoms with Crippen LogP contribution in [0, 0.1) is 0 Å². The van der Waals surface area contributed by atoms with Gasteiger partial charge in [-0.3, -0.25) is 10.1 Å². The Bertz CT molecular complexity index is 906. The Morgan fingerprint density at radius 1 is 1.14 bits per heavy atom. The molecule has 1 atom stereocenters. The van der Waals surface area contributed by atoms with E-state index < -0.39 is 0 Å². The van der Waals surface area contributed by atoms with Gasteiger partial charge in [-0.05, 0) is 42.7 Å². The SMILES string of the molecule is O=C(Nc1nnc(Cc2ccccc2)s1)c1ccc(OCC2CCCO2)cc1. The maximum absolute atomic E-state index is 12.4. The number of carbonyl (C=O) groups excluding carboxylic acids is 1. The van der Waals surface area contributed by atoms with E-state index in [4.69, 9.17) is 9.47 Å². The summed E-state index contributed by atoms with van der Waals surface area (Å²) in [6.45, 7) is 1.35. The van der Waals surface area contributed by atoms with Crippen molar-refractivity contribution in [1.29, 1.82) is 0 Å². The second-order valence-electron chi connectivity index (χ2n) is 6.59. The third-order valence-corrected chi connectivity index (χ3v) is 5.30. The van der Waals surface area contributed by atoms with Crippen molar-refractivity contribution in [2.24, 2.45) is 0 Å². The molecule has 1 saturated heterocycles. The molecule has 4 rings (SSSR count). The van der Waals surface area contributed by atoms with Gasteiger partial charge in [0, 0.05) is 18.6 Å². The zero-order valence-electron chi connectivity index (χ0n) is 15.3. The van der Waals surface area contributed by atoms with Crippen molar-refractivity contribution in [3.05, 3.63) is 70.7 Å². The lowest BCUT2D eigenvalue weighted by Crippen LogP contribution is -2.16. The topological polar surface area (TPSA) is 73.3 Å². The van der Waals surface area contributed by atoms with Gasteiger partial charge in [-0.25, -0.2) is 0 Å². The van der Waals surface area contributed by atoms with E-state index in [1.165, 1.54) is 11.3 Å². The van der Waals surface area contributed by atoms with E-state index in [0.29, 0.717) is 23.7 Å². The number of aromatic nitrogens is 2. The van der Waals surface area contributed by atoms with E-state index in [9.17, 15) is 4.79 Å². The summed E-state index contributed by atoms with van der Waals surface area (Å²) in [5.74, 6) is 0.515. The van der Waals surface area contributed by atoms with Crippen LogP contribution in [0.3, 0.4) is 0 Å². The number of hydrogen-bond donors (Lipinski definition) is 1. The molecule has 144 valence electrons. The number of anilines is 1. The smallest absolute Gasteiger partial charge is 0.257 e. The molecule has 1 aromatic heterocycles. The maximum atomic E-state index is 12.4. The molecule has 0 spiro atoms. The summed E-state index contributed by atoms with van der Waals surface area (Å²) in [5.41, 5.74) is 1.71. The zero-order valence-corrected chi connectivity index (χ0v) is 16.2. The number of nitrogens with one attached hydrogen (secondary N) is 1. The Balaban J connectivity index is 1.30. The van der Waals surface area contributed by atoms with E-state index in [-0.39, 0.29) is 12.0 Å². The molecular formula is C21H21N3O3S. The van der Waals surface area contributed by atoms with Crippen molar-refractivity contribution in [3.8, 4) is 5.75 Å². The number of rotatable bonds is 7. The molecule has 0 bridgehead atoms. The lowest BCUT2D eigenvalue weighted by molar-refractivity contribution is 0.0679. The molecule has 28 heavy (non-hydrogen) atoms. The predicted molar refractivity (Wildman–Crippen MR) is 108 cm³/mol. The lowest BCUT2D eigenvalue weighted by atomic mass is 10.2. The largest absolute Gasteiger partial charge is 0.491 e. The van der Waals surface area contributed by atoms with Gasteiger partial charge in [0.25, 0.3) is 5.91 Å². The minimum Gasteiger partial charge on any atom is -0.491 e. The van der Waals surface area contributed by atoms with E-state index in [1.807, 2.05) is 30.3 Å². The highest BCUT2D eigenvalue weighted by molar-refractivity contribution is 7.15. The highest BCUT2D eigenvalue weighted by Crippen LogP contribution is 2.20. The first-order chi connectivity index (χ1) is 13.8. The highest BCUT2D eigenvalue weighted by Gasteiger charge is 2.16. The van der Waals surface area contributed by atoms with Crippen LogP contribution in [0.1, 0.15) is 33.8 Å². The summed E-state index contributed by atoms with van der Waals surface area (Å²) in [7, 11) is 0. The quantitative estimate of drug-likeness (QED) is 0.656. The summed E-state index contributed by atoms with van der Waals surface area (Å²) in [6.07, 6.45) is 3.00. The van der Waals surface area contributed by atoms with E-state index in [0.717, 1.165) is 35.8 Å². The van der Waals surface area contributed by atoms with Crippen LogP contribution in [0.5, 0.6) is 5.75 Å². The molecule has 0 saturated carbocycles. The number of carbonyl (C=O) groups is 1. The molecule has 7 heteroatoms. The van der Waals surface area contributed by atoms with Crippen LogP contribution in [0.2, 0.25) is 0 Å². The Labute approximate surface area is 167 Å². The molecule has 1 fully saturated rings. The summed E-state index contributed by atoms with van der Waals surface area (Å²) in [4.78, 5) is 12.4. The Hall–Kier alpha value is -2.77. The summed E-state index contributed by atoms with van der Waals surface area (Å²) in [5, 5.41) is 12.4. The third-order valence-electron chi connectivity index (χ3n) is 4.46. The third kappa shape index (κ3) is 4.94. The van der Waals surface area contributed by atoms with Crippen LogP contribution >= 0.6 is 11.3 Å². The van der Waals surface area contributed by atoms with Crippen LogP contribution in [-0.4, -0.2) is 35.4 Å². The Morgan fingerprint density at radius 3 is 2.71 bits per heavy atom. The van der Waals surface area contributed by atoms with Crippen molar-refractivity contribution < 1.29 is 14.3 Å². The first-order valence-electron chi connectivity index (χ1n) is 9.28. The second-order valence-corrected chi connectivity index (χ2v) is 7.65.